The van der Waals surface area contributed by atoms with Crippen LogP contribution in [0.5, 0.6) is 0 Å². The van der Waals surface area contributed by atoms with Gasteiger partial charge in [-0.2, -0.15) is 0 Å². The summed E-state index contributed by atoms with van der Waals surface area (Å²) in [6, 6.07) is 8.81. The van der Waals surface area contributed by atoms with Crippen LogP contribution in [0, 0.1) is 0 Å². The van der Waals surface area contributed by atoms with Crippen LogP contribution in [0.25, 0.3) is 0 Å². The van der Waals surface area contributed by atoms with Crippen molar-refractivity contribution in [3.63, 3.8) is 0 Å². The molecule has 1 fully saturated rings. The molecule has 1 aliphatic carbocycles. The van der Waals surface area contributed by atoms with Crippen LogP contribution in [-0.4, -0.2) is 18.5 Å². The summed E-state index contributed by atoms with van der Waals surface area (Å²) in [5.74, 6) is 0.140. The normalized spacial score (nSPS) is 21.1. The molecule has 0 aromatic heterocycles. The molecule has 1 aromatic rings. The molecule has 0 spiro atoms. The van der Waals surface area contributed by atoms with Crippen LogP contribution in [0.1, 0.15) is 38.5 Å². The molecule has 0 radical (unpaired) electrons. The van der Waals surface area contributed by atoms with Gasteiger partial charge in [-0.15, -0.1) is 0 Å². The Bertz CT molecular complexity index is 438. The van der Waals surface area contributed by atoms with E-state index in [0.29, 0.717) is 12.5 Å². The molecule has 0 saturated heterocycles. The molecule has 1 aromatic carbocycles. The number of benzene rings is 1. The molecule has 0 unspecified atom stereocenters. The van der Waals surface area contributed by atoms with Crippen molar-refractivity contribution in [3.8, 4) is 0 Å². The smallest absolute Gasteiger partial charge is 0.226 e. The fraction of sp³-hybridized carbons (Fsp3) is 0.533. The zero-order valence-corrected chi connectivity index (χ0v) is 10.7. The van der Waals surface area contributed by atoms with Gasteiger partial charge in [0.05, 0.1) is 11.4 Å². The molecular weight excluding hydrogens is 224 g/mol. The van der Waals surface area contributed by atoms with Crippen molar-refractivity contribution >= 4 is 17.3 Å². The van der Waals surface area contributed by atoms with Gasteiger partial charge in [0.2, 0.25) is 5.91 Å². The number of nitrogens with one attached hydrogen (secondary N) is 1. The lowest BCUT2D eigenvalue weighted by molar-refractivity contribution is -0.116. The largest absolute Gasteiger partial charge is 0.366 e. The fourth-order valence-corrected chi connectivity index (χ4v) is 3.16. The summed E-state index contributed by atoms with van der Waals surface area (Å²) in [6.07, 6.45) is 7.15. The Hall–Kier alpha value is -1.51. The van der Waals surface area contributed by atoms with Crippen molar-refractivity contribution < 1.29 is 4.79 Å². The summed E-state index contributed by atoms with van der Waals surface area (Å²) >= 11 is 0. The first kappa shape index (κ1) is 11.6. The SMILES string of the molecule is O=C1CCN(C2CCCCC2)c2ccccc2N1. The lowest BCUT2D eigenvalue weighted by Crippen LogP contribution is -2.37. The van der Waals surface area contributed by atoms with E-state index < -0.39 is 0 Å². The van der Waals surface area contributed by atoms with E-state index in [1.54, 1.807) is 0 Å². The molecule has 1 saturated carbocycles. The average molecular weight is 244 g/mol. The minimum Gasteiger partial charge on any atom is -0.366 e. The van der Waals surface area contributed by atoms with Crippen LogP contribution in [0.3, 0.4) is 0 Å². The molecule has 96 valence electrons. The topological polar surface area (TPSA) is 32.3 Å². The van der Waals surface area contributed by atoms with Gasteiger partial charge in [-0.05, 0) is 25.0 Å². The van der Waals surface area contributed by atoms with Crippen LogP contribution in [0.4, 0.5) is 11.4 Å². The van der Waals surface area contributed by atoms with Crippen LogP contribution < -0.4 is 10.2 Å². The highest BCUT2D eigenvalue weighted by Crippen LogP contribution is 2.34. The Kier molecular flexibility index (Phi) is 3.22. The molecular formula is C15H20N2O. The molecule has 18 heavy (non-hydrogen) atoms. The highest BCUT2D eigenvalue weighted by Gasteiger charge is 2.26. The molecule has 2 aliphatic rings. The summed E-state index contributed by atoms with van der Waals surface area (Å²) in [6.45, 7) is 0.855. The third-order valence-electron chi connectivity index (χ3n) is 4.08. The van der Waals surface area contributed by atoms with Crippen molar-refractivity contribution in [3.05, 3.63) is 24.3 Å². The molecule has 1 aliphatic heterocycles. The molecule has 3 rings (SSSR count). The molecule has 1 amide bonds. The van der Waals surface area contributed by atoms with Crippen molar-refractivity contribution in [2.75, 3.05) is 16.8 Å². The average Bonchev–Trinajstić information content (AvgIpc) is 2.58. The summed E-state index contributed by atoms with van der Waals surface area (Å²) < 4.78 is 0. The number of hydrogen-bond acceptors (Lipinski definition) is 2. The third-order valence-corrected chi connectivity index (χ3v) is 4.08. The van der Waals surface area contributed by atoms with Crippen LogP contribution in [0.15, 0.2) is 24.3 Å². The number of carbonyl (C=O) groups is 1. The van der Waals surface area contributed by atoms with Crippen molar-refractivity contribution in [1.82, 2.24) is 0 Å². The van der Waals surface area contributed by atoms with E-state index in [4.69, 9.17) is 0 Å². The first-order valence-electron chi connectivity index (χ1n) is 7.00. The van der Waals surface area contributed by atoms with E-state index in [1.807, 2.05) is 12.1 Å². The van der Waals surface area contributed by atoms with E-state index in [0.717, 1.165) is 12.2 Å². The van der Waals surface area contributed by atoms with Gasteiger partial charge in [-0.1, -0.05) is 31.4 Å². The lowest BCUT2D eigenvalue weighted by Gasteiger charge is -2.35. The standard InChI is InChI=1S/C15H20N2O/c18-15-10-11-17(12-6-2-1-3-7-12)14-9-5-4-8-13(14)16-15/h4-5,8-9,12H,1-3,6-7,10-11H2,(H,16,18). The van der Waals surface area contributed by atoms with Gasteiger partial charge in [0.25, 0.3) is 0 Å². The molecule has 1 heterocycles. The van der Waals surface area contributed by atoms with Gasteiger partial charge >= 0.3 is 0 Å². The fourth-order valence-electron chi connectivity index (χ4n) is 3.16. The highest BCUT2D eigenvalue weighted by molar-refractivity contribution is 5.96. The van der Waals surface area contributed by atoms with Gasteiger partial charge < -0.3 is 10.2 Å². The van der Waals surface area contributed by atoms with E-state index in [1.165, 1.54) is 37.8 Å². The highest BCUT2D eigenvalue weighted by atomic mass is 16.1. The molecule has 3 nitrogen and oxygen atoms in total. The Labute approximate surface area is 108 Å². The number of para-hydroxylation sites is 2. The number of amides is 1. The van der Waals surface area contributed by atoms with E-state index in [9.17, 15) is 4.79 Å². The van der Waals surface area contributed by atoms with Gasteiger partial charge in [-0.25, -0.2) is 0 Å². The quantitative estimate of drug-likeness (QED) is 0.823. The van der Waals surface area contributed by atoms with E-state index in [2.05, 4.69) is 22.3 Å². The van der Waals surface area contributed by atoms with Gasteiger partial charge in [0.15, 0.2) is 0 Å². The third kappa shape index (κ3) is 2.22. The second kappa shape index (κ2) is 5.01. The maximum Gasteiger partial charge on any atom is 0.226 e. The minimum atomic E-state index is 0.140. The number of carbonyl (C=O) groups excluding carboxylic acids is 1. The monoisotopic (exact) mass is 244 g/mol. The lowest BCUT2D eigenvalue weighted by atomic mass is 9.93. The van der Waals surface area contributed by atoms with Crippen LogP contribution >= 0.6 is 0 Å². The minimum absolute atomic E-state index is 0.140. The summed E-state index contributed by atoms with van der Waals surface area (Å²) in [5, 5.41) is 3.01. The number of nitrogens with zero attached hydrogens (tertiary/aromatic N) is 1. The zero-order valence-electron chi connectivity index (χ0n) is 10.7. The number of rotatable bonds is 1. The molecule has 0 bridgehead atoms. The summed E-state index contributed by atoms with van der Waals surface area (Å²) in [7, 11) is 0. The summed E-state index contributed by atoms with van der Waals surface area (Å²) in [4.78, 5) is 14.2. The van der Waals surface area contributed by atoms with E-state index >= 15 is 0 Å². The Balaban J connectivity index is 1.91. The number of anilines is 2. The van der Waals surface area contributed by atoms with E-state index in [-0.39, 0.29) is 5.91 Å². The second-order valence-electron chi connectivity index (χ2n) is 5.30. The molecule has 0 atom stereocenters. The zero-order chi connectivity index (χ0) is 12.4. The second-order valence-corrected chi connectivity index (χ2v) is 5.30. The van der Waals surface area contributed by atoms with Crippen molar-refractivity contribution in [1.29, 1.82) is 0 Å². The Morgan fingerprint density at radius 1 is 1.11 bits per heavy atom. The summed E-state index contributed by atoms with van der Waals surface area (Å²) in [5.41, 5.74) is 2.18. The predicted molar refractivity (Wildman–Crippen MR) is 73.9 cm³/mol. The maximum absolute atomic E-state index is 11.7. The first-order chi connectivity index (χ1) is 8.84. The van der Waals surface area contributed by atoms with Crippen LogP contribution in [-0.2, 0) is 4.79 Å². The molecule has 1 N–H and O–H groups in total. The Morgan fingerprint density at radius 2 is 1.89 bits per heavy atom. The molecule has 3 heteroatoms. The predicted octanol–water partition coefficient (Wildman–Crippen LogP) is 3.17. The van der Waals surface area contributed by atoms with Gasteiger partial charge in [0, 0.05) is 19.0 Å². The van der Waals surface area contributed by atoms with Crippen LogP contribution in [0.2, 0.25) is 0 Å². The Morgan fingerprint density at radius 3 is 2.72 bits per heavy atom. The van der Waals surface area contributed by atoms with Crippen molar-refractivity contribution in [2.24, 2.45) is 0 Å². The van der Waals surface area contributed by atoms with Crippen molar-refractivity contribution in [2.45, 2.75) is 44.6 Å². The number of hydrogen-bond donors (Lipinski definition) is 1. The first-order valence-corrected chi connectivity index (χ1v) is 7.00. The van der Waals surface area contributed by atoms with Gasteiger partial charge in [-0.3, -0.25) is 4.79 Å². The number of fused-ring (bicyclic) bond motifs is 1. The maximum atomic E-state index is 11.7. The van der Waals surface area contributed by atoms with Gasteiger partial charge in [0.1, 0.15) is 0 Å².